The molecule has 0 bridgehead atoms. The average Bonchev–Trinajstić information content (AvgIpc) is 2.39. The largest absolute Gasteiger partial charge is 0.493 e. The SMILES string of the molecule is COCCOCCCOc1ccc(Br)cc1CO. The molecule has 0 fully saturated rings. The Balaban J connectivity index is 2.22. The predicted octanol–water partition coefficient (Wildman–Crippen LogP) is 2.37. The van der Waals surface area contributed by atoms with Crippen molar-refractivity contribution in [2.75, 3.05) is 33.5 Å². The first-order chi connectivity index (χ1) is 8.77. The number of hydrogen-bond acceptors (Lipinski definition) is 4. The van der Waals surface area contributed by atoms with Gasteiger partial charge < -0.3 is 19.3 Å². The fraction of sp³-hybridized carbons (Fsp3) is 0.538. The summed E-state index contributed by atoms with van der Waals surface area (Å²) >= 11 is 3.36. The van der Waals surface area contributed by atoms with Gasteiger partial charge in [-0.2, -0.15) is 0 Å². The second-order valence-corrected chi connectivity index (χ2v) is 4.63. The van der Waals surface area contributed by atoms with Crippen molar-refractivity contribution in [2.45, 2.75) is 13.0 Å². The third-order valence-corrected chi connectivity index (χ3v) is 2.81. The lowest BCUT2D eigenvalue weighted by atomic mass is 10.2. The maximum atomic E-state index is 9.20. The predicted molar refractivity (Wildman–Crippen MR) is 72.9 cm³/mol. The smallest absolute Gasteiger partial charge is 0.124 e. The molecule has 0 amide bonds. The molecular weight excluding hydrogens is 300 g/mol. The topological polar surface area (TPSA) is 47.9 Å². The summed E-state index contributed by atoms with van der Waals surface area (Å²) in [5.74, 6) is 0.720. The van der Waals surface area contributed by atoms with Crippen molar-refractivity contribution in [3.8, 4) is 5.75 Å². The van der Waals surface area contributed by atoms with E-state index in [4.69, 9.17) is 14.2 Å². The molecule has 5 heteroatoms. The summed E-state index contributed by atoms with van der Waals surface area (Å²) in [6, 6.07) is 5.59. The molecule has 1 rings (SSSR count). The molecule has 0 aliphatic heterocycles. The minimum atomic E-state index is -0.0287. The van der Waals surface area contributed by atoms with Crippen molar-refractivity contribution in [3.05, 3.63) is 28.2 Å². The van der Waals surface area contributed by atoms with Crippen LogP contribution in [0.15, 0.2) is 22.7 Å². The zero-order valence-corrected chi connectivity index (χ0v) is 12.1. The molecule has 1 aromatic rings. The average molecular weight is 319 g/mol. The Morgan fingerprint density at radius 2 is 2.00 bits per heavy atom. The number of benzene rings is 1. The first kappa shape index (κ1) is 15.4. The Kier molecular flexibility index (Phi) is 8.00. The number of hydrogen-bond donors (Lipinski definition) is 1. The van der Waals surface area contributed by atoms with Gasteiger partial charge in [0.2, 0.25) is 0 Å². The normalized spacial score (nSPS) is 10.6. The molecular formula is C13H19BrO4. The molecule has 0 aromatic heterocycles. The Labute approximate surface area is 116 Å². The molecule has 0 radical (unpaired) electrons. The highest BCUT2D eigenvalue weighted by atomic mass is 79.9. The molecule has 102 valence electrons. The molecule has 18 heavy (non-hydrogen) atoms. The second kappa shape index (κ2) is 9.33. The fourth-order valence-electron chi connectivity index (χ4n) is 1.40. The van der Waals surface area contributed by atoms with Crippen LogP contribution in [0.5, 0.6) is 5.75 Å². The molecule has 0 atom stereocenters. The van der Waals surface area contributed by atoms with E-state index in [0.717, 1.165) is 22.2 Å². The summed E-state index contributed by atoms with van der Waals surface area (Å²) in [5, 5.41) is 9.20. The summed E-state index contributed by atoms with van der Waals surface area (Å²) in [6.45, 7) is 2.41. The molecule has 0 heterocycles. The van der Waals surface area contributed by atoms with Crippen molar-refractivity contribution in [1.29, 1.82) is 0 Å². The third kappa shape index (κ3) is 5.82. The Hall–Kier alpha value is -0.620. The van der Waals surface area contributed by atoms with Gasteiger partial charge in [0.15, 0.2) is 0 Å². The van der Waals surface area contributed by atoms with E-state index in [1.54, 1.807) is 7.11 Å². The van der Waals surface area contributed by atoms with Gasteiger partial charge in [-0.25, -0.2) is 0 Å². The number of aliphatic hydroxyl groups is 1. The van der Waals surface area contributed by atoms with Crippen LogP contribution in [0.4, 0.5) is 0 Å². The highest BCUT2D eigenvalue weighted by Gasteiger charge is 2.03. The molecule has 0 unspecified atom stereocenters. The molecule has 0 spiro atoms. The summed E-state index contributed by atoms with van der Waals surface area (Å²) in [7, 11) is 1.65. The molecule has 0 saturated heterocycles. The van der Waals surface area contributed by atoms with Crippen LogP contribution in [0, 0.1) is 0 Å². The van der Waals surface area contributed by atoms with Gasteiger partial charge in [-0.05, 0) is 18.2 Å². The van der Waals surface area contributed by atoms with Crippen molar-refractivity contribution in [1.82, 2.24) is 0 Å². The zero-order valence-electron chi connectivity index (χ0n) is 10.5. The van der Waals surface area contributed by atoms with Crippen LogP contribution < -0.4 is 4.74 Å². The molecule has 0 aliphatic rings. The van der Waals surface area contributed by atoms with Gasteiger partial charge >= 0.3 is 0 Å². The van der Waals surface area contributed by atoms with E-state index in [1.807, 2.05) is 18.2 Å². The van der Waals surface area contributed by atoms with E-state index in [-0.39, 0.29) is 6.61 Å². The van der Waals surface area contributed by atoms with Crippen molar-refractivity contribution in [2.24, 2.45) is 0 Å². The van der Waals surface area contributed by atoms with E-state index >= 15 is 0 Å². The lowest BCUT2D eigenvalue weighted by Crippen LogP contribution is -2.07. The summed E-state index contributed by atoms with van der Waals surface area (Å²) in [6.07, 6.45) is 0.810. The number of rotatable bonds is 9. The Morgan fingerprint density at radius 3 is 2.72 bits per heavy atom. The highest BCUT2D eigenvalue weighted by molar-refractivity contribution is 9.10. The van der Waals surface area contributed by atoms with Gasteiger partial charge in [0.1, 0.15) is 5.75 Å². The minimum absolute atomic E-state index is 0.0287. The molecule has 0 saturated carbocycles. The fourth-order valence-corrected chi connectivity index (χ4v) is 1.81. The van der Waals surface area contributed by atoms with Crippen molar-refractivity contribution < 1.29 is 19.3 Å². The van der Waals surface area contributed by atoms with Gasteiger partial charge in [-0.1, -0.05) is 15.9 Å². The van der Waals surface area contributed by atoms with Crippen molar-refractivity contribution in [3.63, 3.8) is 0 Å². The summed E-state index contributed by atoms with van der Waals surface area (Å²) in [5.41, 5.74) is 0.782. The van der Waals surface area contributed by atoms with Crippen LogP contribution in [0.1, 0.15) is 12.0 Å². The van der Waals surface area contributed by atoms with Crippen molar-refractivity contribution >= 4 is 15.9 Å². The lowest BCUT2D eigenvalue weighted by Gasteiger charge is -2.10. The first-order valence-electron chi connectivity index (χ1n) is 5.86. The van der Waals surface area contributed by atoms with E-state index in [2.05, 4.69) is 15.9 Å². The number of aliphatic hydroxyl groups excluding tert-OH is 1. The van der Waals surface area contributed by atoms with E-state index in [1.165, 1.54) is 0 Å². The lowest BCUT2D eigenvalue weighted by molar-refractivity contribution is 0.0643. The van der Waals surface area contributed by atoms with E-state index < -0.39 is 0 Å². The summed E-state index contributed by atoms with van der Waals surface area (Å²) < 4.78 is 16.7. The minimum Gasteiger partial charge on any atom is -0.493 e. The maximum absolute atomic E-state index is 9.20. The van der Waals surface area contributed by atoms with Crippen LogP contribution in [-0.4, -0.2) is 38.6 Å². The van der Waals surface area contributed by atoms with E-state index in [9.17, 15) is 5.11 Å². The molecule has 1 aromatic carbocycles. The third-order valence-electron chi connectivity index (χ3n) is 2.32. The highest BCUT2D eigenvalue weighted by Crippen LogP contribution is 2.23. The van der Waals surface area contributed by atoms with Gasteiger partial charge in [-0.15, -0.1) is 0 Å². The molecule has 0 aliphatic carbocycles. The van der Waals surface area contributed by atoms with Crippen LogP contribution in [0.25, 0.3) is 0 Å². The maximum Gasteiger partial charge on any atom is 0.124 e. The van der Waals surface area contributed by atoms with Crippen LogP contribution in [0.2, 0.25) is 0 Å². The van der Waals surface area contributed by atoms with Gasteiger partial charge in [-0.3, -0.25) is 0 Å². The molecule has 1 N–H and O–H groups in total. The second-order valence-electron chi connectivity index (χ2n) is 3.72. The standard InChI is InChI=1S/C13H19BrO4/c1-16-7-8-17-5-2-6-18-13-4-3-12(14)9-11(13)10-15/h3-4,9,15H,2,5-8,10H2,1H3. The number of halogens is 1. The number of methoxy groups -OCH3 is 1. The van der Waals surface area contributed by atoms with Crippen LogP contribution in [0.3, 0.4) is 0 Å². The number of ether oxygens (including phenoxy) is 3. The molecule has 4 nitrogen and oxygen atoms in total. The quantitative estimate of drug-likeness (QED) is 0.710. The van der Waals surface area contributed by atoms with Crippen LogP contribution >= 0.6 is 15.9 Å². The van der Waals surface area contributed by atoms with Gasteiger partial charge in [0.25, 0.3) is 0 Å². The van der Waals surface area contributed by atoms with Crippen LogP contribution in [-0.2, 0) is 16.1 Å². The zero-order chi connectivity index (χ0) is 13.2. The summed E-state index contributed by atoms with van der Waals surface area (Å²) in [4.78, 5) is 0. The van der Waals surface area contributed by atoms with Gasteiger partial charge in [0, 0.05) is 30.2 Å². The monoisotopic (exact) mass is 318 g/mol. The van der Waals surface area contributed by atoms with Gasteiger partial charge in [0.05, 0.1) is 26.4 Å². The first-order valence-corrected chi connectivity index (χ1v) is 6.66. The van der Waals surface area contributed by atoms with E-state index in [0.29, 0.717) is 26.4 Å². The Morgan fingerprint density at radius 1 is 1.17 bits per heavy atom. The Bertz CT molecular complexity index is 344.